The van der Waals surface area contributed by atoms with E-state index in [0.29, 0.717) is 28.8 Å². The summed E-state index contributed by atoms with van der Waals surface area (Å²) in [6.45, 7) is 4.45. The Morgan fingerprint density at radius 1 is 1.21 bits per heavy atom. The molecule has 1 aliphatic carbocycles. The molecule has 0 saturated heterocycles. The van der Waals surface area contributed by atoms with E-state index >= 15 is 0 Å². The molecule has 2 unspecified atom stereocenters. The zero-order valence-electron chi connectivity index (χ0n) is 12.0. The van der Waals surface area contributed by atoms with Crippen molar-refractivity contribution in [2.24, 2.45) is 17.8 Å². The standard InChI is InChI=1S/C16H23NO2/c1-10-7-11(2)9-12(8-10)16(18)13-5-4-6-14(19-3)15(13)17/h4-6,10-12H,7-9,17H2,1-3H3. The van der Waals surface area contributed by atoms with Gasteiger partial charge in [-0.1, -0.05) is 19.9 Å². The van der Waals surface area contributed by atoms with E-state index in [-0.39, 0.29) is 11.7 Å². The van der Waals surface area contributed by atoms with Crippen molar-refractivity contribution in [1.29, 1.82) is 0 Å². The van der Waals surface area contributed by atoms with Gasteiger partial charge < -0.3 is 10.5 Å². The van der Waals surface area contributed by atoms with Crippen LogP contribution in [0, 0.1) is 17.8 Å². The third kappa shape index (κ3) is 2.91. The van der Waals surface area contributed by atoms with Gasteiger partial charge in [0.1, 0.15) is 5.75 Å². The summed E-state index contributed by atoms with van der Waals surface area (Å²) in [6.07, 6.45) is 3.16. The van der Waals surface area contributed by atoms with E-state index in [9.17, 15) is 4.79 Å². The summed E-state index contributed by atoms with van der Waals surface area (Å²) in [5, 5.41) is 0. The number of benzene rings is 1. The van der Waals surface area contributed by atoms with E-state index in [1.54, 1.807) is 13.2 Å². The zero-order valence-corrected chi connectivity index (χ0v) is 12.0. The highest BCUT2D eigenvalue weighted by Gasteiger charge is 2.30. The predicted octanol–water partition coefficient (Wildman–Crippen LogP) is 3.53. The number of ketones is 1. The van der Waals surface area contributed by atoms with Crippen LogP contribution in [0.2, 0.25) is 0 Å². The minimum atomic E-state index is 0.105. The molecule has 3 heteroatoms. The number of rotatable bonds is 3. The smallest absolute Gasteiger partial charge is 0.168 e. The molecule has 0 spiro atoms. The summed E-state index contributed by atoms with van der Waals surface area (Å²) in [5.41, 5.74) is 7.11. The maximum atomic E-state index is 12.6. The van der Waals surface area contributed by atoms with Gasteiger partial charge in [0.15, 0.2) is 5.78 Å². The van der Waals surface area contributed by atoms with Crippen LogP contribution < -0.4 is 10.5 Å². The Bertz CT molecular complexity index is 460. The van der Waals surface area contributed by atoms with Gasteiger partial charge in [0.2, 0.25) is 0 Å². The molecule has 0 aromatic heterocycles. The van der Waals surface area contributed by atoms with Gasteiger partial charge in [-0.25, -0.2) is 0 Å². The minimum Gasteiger partial charge on any atom is -0.495 e. The van der Waals surface area contributed by atoms with Crippen molar-refractivity contribution >= 4 is 11.5 Å². The summed E-state index contributed by atoms with van der Waals surface area (Å²) >= 11 is 0. The molecule has 1 saturated carbocycles. The number of methoxy groups -OCH3 is 1. The molecule has 19 heavy (non-hydrogen) atoms. The molecule has 1 fully saturated rings. The minimum absolute atomic E-state index is 0.105. The van der Waals surface area contributed by atoms with E-state index < -0.39 is 0 Å². The Hall–Kier alpha value is -1.51. The molecule has 0 amide bonds. The van der Waals surface area contributed by atoms with Crippen molar-refractivity contribution in [3.05, 3.63) is 23.8 Å². The lowest BCUT2D eigenvalue weighted by Gasteiger charge is -2.30. The van der Waals surface area contributed by atoms with E-state index in [1.165, 1.54) is 6.42 Å². The van der Waals surface area contributed by atoms with Crippen LogP contribution in [-0.2, 0) is 0 Å². The number of ether oxygens (including phenoxy) is 1. The van der Waals surface area contributed by atoms with Gasteiger partial charge >= 0.3 is 0 Å². The Kier molecular flexibility index (Phi) is 4.13. The van der Waals surface area contributed by atoms with Crippen molar-refractivity contribution in [1.82, 2.24) is 0 Å². The summed E-state index contributed by atoms with van der Waals surface area (Å²) in [5.74, 6) is 2.10. The third-order valence-electron chi connectivity index (χ3n) is 4.10. The Morgan fingerprint density at radius 2 is 1.84 bits per heavy atom. The number of carbonyl (C=O) groups is 1. The molecular formula is C16H23NO2. The topological polar surface area (TPSA) is 52.3 Å². The van der Waals surface area contributed by atoms with E-state index in [0.717, 1.165) is 12.8 Å². The molecule has 3 nitrogen and oxygen atoms in total. The zero-order chi connectivity index (χ0) is 14.0. The lowest BCUT2D eigenvalue weighted by Crippen LogP contribution is -2.26. The number of hydrogen-bond donors (Lipinski definition) is 1. The Morgan fingerprint density at radius 3 is 2.42 bits per heavy atom. The average Bonchev–Trinajstić information content (AvgIpc) is 2.37. The quantitative estimate of drug-likeness (QED) is 0.669. The first-order valence-corrected chi connectivity index (χ1v) is 6.99. The second kappa shape index (κ2) is 5.64. The maximum Gasteiger partial charge on any atom is 0.168 e. The Labute approximate surface area is 115 Å². The molecule has 0 heterocycles. The molecule has 0 aliphatic heterocycles. The van der Waals surface area contributed by atoms with E-state index in [4.69, 9.17) is 10.5 Å². The van der Waals surface area contributed by atoms with Crippen LogP contribution in [-0.4, -0.2) is 12.9 Å². The number of anilines is 1. The number of para-hydroxylation sites is 1. The number of Topliss-reactive ketones (excluding diaryl/α,β-unsaturated/α-hetero) is 1. The highest BCUT2D eigenvalue weighted by molar-refractivity contribution is 6.03. The second-order valence-electron chi connectivity index (χ2n) is 5.90. The van der Waals surface area contributed by atoms with Crippen molar-refractivity contribution in [2.75, 3.05) is 12.8 Å². The normalized spacial score (nSPS) is 27.0. The van der Waals surface area contributed by atoms with Gasteiger partial charge in [-0.3, -0.25) is 4.79 Å². The predicted molar refractivity (Wildman–Crippen MR) is 77.4 cm³/mol. The number of hydrogen-bond acceptors (Lipinski definition) is 3. The van der Waals surface area contributed by atoms with Gasteiger partial charge in [-0.2, -0.15) is 0 Å². The molecule has 1 aliphatic rings. The van der Waals surface area contributed by atoms with Crippen molar-refractivity contribution < 1.29 is 9.53 Å². The molecule has 1 aromatic carbocycles. The fourth-order valence-corrected chi connectivity index (χ4v) is 3.32. The van der Waals surface area contributed by atoms with Crippen LogP contribution in [0.3, 0.4) is 0 Å². The summed E-state index contributed by atoms with van der Waals surface area (Å²) < 4.78 is 5.19. The van der Waals surface area contributed by atoms with Crippen LogP contribution in [0.4, 0.5) is 5.69 Å². The first-order valence-electron chi connectivity index (χ1n) is 6.99. The van der Waals surface area contributed by atoms with Gasteiger partial charge in [-0.15, -0.1) is 0 Å². The third-order valence-corrected chi connectivity index (χ3v) is 4.10. The summed E-state index contributed by atoms with van der Waals surface area (Å²) in [7, 11) is 1.57. The molecule has 0 bridgehead atoms. The lowest BCUT2D eigenvalue weighted by molar-refractivity contribution is 0.0837. The average molecular weight is 261 g/mol. The fraction of sp³-hybridized carbons (Fsp3) is 0.562. The molecule has 1 aromatic rings. The molecule has 2 atom stereocenters. The van der Waals surface area contributed by atoms with Gasteiger partial charge in [-0.05, 0) is 43.2 Å². The Balaban J connectivity index is 2.24. The monoisotopic (exact) mass is 261 g/mol. The number of carbonyl (C=O) groups excluding carboxylic acids is 1. The summed E-state index contributed by atoms with van der Waals surface area (Å²) in [4.78, 5) is 12.6. The molecule has 104 valence electrons. The lowest BCUT2D eigenvalue weighted by atomic mass is 9.74. The number of nitrogen functional groups attached to an aromatic ring is 1. The molecular weight excluding hydrogens is 238 g/mol. The summed E-state index contributed by atoms with van der Waals surface area (Å²) in [6, 6.07) is 5.43. The first-order chi connectivity index (χ1) is 9.02. The van der Waals surface area contributed by atoms with Gasteiger partial charge in [0.25, 0.3) is 0 Å². The van der Waals surface area contributed by atoms with Crippen molar-refractivity contribution in [2.45, 2.75) is 33.1 Å². The highest BCUT2D eigenvalue weighted by atomic mass is 16.5. The number of nitrogens with two attached hydrogens (primary N) is 1. The van der Waals surface area contributed by atoms with Crippen LogP contribution >= 0.6 is 0 Å². The highest BCUT2D eigenvalue weighted by Crippen LogP contribution is 2.36. The van der Waals surface area contributed by atoms with Crippen LogP contribution in [0.1, 0.15) is 43.5 Å². The second-order valence-corrected chi connectivity index (χ2v) is 5.90. The fourth-order valence-electron chi connectivity index (χ4n) is 3.32. The first kappa shape index (κ1) is 13.9. The molecule has 0 radical (unpaired) electrons. The van der Waals surface area contributed by atoms with Crippen LogP contribution in [0.15, 0.2) is 18.2 Å². The van der Waals surface area contributed by atoms with E-state index in [2.05, 4.69) is 13.8 Å². The SMILES string of the molecule is COc1cccc(C(=O)C2CC(C)CC(C)C2)c1N. The maximum absolute atomic E-state index is 12.6. The molecule has 2 rings (SSSR count). The largest absolute Gasteiger partial charge is 0.495 e. The van der Waals surface area contributed by atoms with Crippen molar-refractivity contribution in [3.8, 4) is 5.75 Å². The van der Waals surface area contributed by atoms with Gasteiger partial charge in [0.05, 0.1) is 12.8 Å². The van der Waals surface area contributed by atoms with Crippen LogP contribution in [0.25, 0.3) is 0 Å². The van der Waals surface area contributed by atoms with E-state index in [1.807, 2.05) is 12.1 Å². The van der Waals surface area contributed by atoms with Crippen molar-refractivity contribution in [3.63, 3.8) is 0 Å². The van der Waals surface area contributed by atoms with Gasteiger partial charge in [0, 0.05) is 11.5 Å². The van der Waals surface area contributed by atoms with Crippen LogP contribution in [0.5, 0.6) is 5.75 Å². The molecule has 2 N–H and O–H groups in total.